The Hall–Kier alpha value is -2.17. The van der Waals surface area contributed by atoms with E-state index in [1.54, 1.807) is 0 Å². The van der Waals surface area contributed by atoms with Gasteiger partial charge >= 0.3 is 0 Å². The molecular weight excluding hydrogens is 302 g/mol. The highest BCUT2D eigenvalue weighted by molar-refractivity contribution is 6.04. The number of carbonyl (C=O) groups excluding carboxylic acids is 2. The van der Waals surface area contributed by atoms with Gasteiger partial charge in [-0.05, 0) is 24.3 Å². The fourth-order valence-electron chi connectivity index (χ4n) is 3.48. The minimum Gasteiger partial charge on any atom is -0.351 e. The zero-order chi connectivity index (χ0) is 16.9. The summed E-state index contributed by atoms with van der Waals surface area (Å²) in [5.74, 6) is 0.310. The van der Waals surface area contributed by atoms with Gasteiger partial charge in [0.15, 0.2) is 0 Å². The summed E-state index contributed by atoms with van der Waals surface area (Å²) in [4.78, 5) is 24.4. The van der Waals surface area contributed by atoms with Gasteiger partial charge in [-0.1, -0.05) is 50.1 Å². The lowest BCUT2D eigenvalue weighted by Crippen LogP contribution is -2.46. The zero-order valence-corrected chi connectivity index (χ0v) is 14.2. The average molecular weight is 327 g/mol. The molecule has 0 bridgehead atoms. The van der Waals surface area contributed by atoms with E-state index >= 15 is 0 Å². The predicted octanol–water partition coefficient (Wildman–Crippen LogP) is 2.71. The molecule has 2 amide bonds. The number of nitrogens with zero attached hydrogens (tertiary/aromatic N) is 2. The van der Waals surface area contributed by atoms with E-state index in [9.17, 15) is 9.59 Å². The van der Waals surface area contributed by atoms with Crippen molar-refractivity contribution in [3.8, 4) is 0 Å². The number of nitrogens with one attached hydrogen (secondary N) is 1. The first kappa shape index (κ1) is 16.7. The molecule has 5 nitrogen and oxygen atoms in total. The van der Waals surface area contributed by atoms with Crippen LogP contribution in [0.5, 0.6) is 0 Å². The molecule has 24 heavy (non-hydrogen) atoms. The van der Waals surface area contributed by atoms with Crippen LogP contribution in [0.4, 0.5) is 0 Å². The molecule has 1 heterocycles. The Morgan fingerprint density at radius 1 is 1.21 bits per heavy atom. The summed E-state index contributed by atoms with van der Waals surface area (Å²) in [6.07, 6.45) is 5.61. The SMILES string of the molecule is C[C@@H]1CCCC[C@H]1NC(=O)CN1N=C(c2ccccc2)CCC1=O. The number of benzene rings is 1. The third-order valence-electron chi connectivity index (χ3n) is 4.96. The number of rotatable bonds is 4. The Morgan fingerprint density at radius 2 is 1.96 bits per heavy atom. The van der Waals surface area contributed by atoms with Gasteiger partial charge in [0.25, 0.3) is 0 Å². The van der Waals surface area contributed by atoms with Gasteiger partial charge in [-0.2, -0.15) is 5.10 Å². The first-order valence-electron chi connectivity index (χ1n) is 8.86. The molecule has 128 valence electrons. The minimum absolute atomic E-state index is 0.0123. The van der Waals surface area contributed by atoms with E-state index in [0.717, 1.165) is 30.5 Å². The zero-order valence-electron chi connectivity index (χ0n) is 14.2. The van der Waals surface area contributed by atoms with E-state index in [1.807, 2.05) is 30.3 Å². The first-order chi connectivity index (χ1) is 11.6. The Kier molecular flexibility index (Phi) is 5.28. The molecule has 1 aliphatic heterocycles. The van der Waals surface area contributed by atoms with E-state index in [0.29, 0.717) is 18.8 Å². The highest BCUT2D eigenvalue weighted by atomic mass is 16.2. The molecule has 0 aromatic heterocycles. The van der Waals surface area contributed by atoms with Crippen molar-refractivity contribution >= 4 is 17.5 Å². The van der Waals surface area contributed by atoms with E-state index in [1.165, 1.54) is 11.4 Å². The van der Waals surface area contributed by atoms with Crippen molar-refractivity contribution in [1.29, 1.82) is 0 Å². The maximum absolute atomic E-state index is 12.3. The number of hydrazone groups is 1. The van der Waals surface area contributed by atoms with E-state index in [-0.39, 0.29) is 24.4 Å². The topological polar surface area (TPSA) is 61.8 Å². The van der Waals surface area contributed by atoms with Crippen molar-refractivity contribution in [1.82, 2.24) is 10.3 Å². The van der Waals surface area contributed by atoms with Crippen LogP contribution in [0.3, 0.4) is 0 Å². The highest BCUT2D eigenvalue weighted by Crippen LogP contribution is 2.23. The standard InChI is InChI=1S/C19H25N3O2/c1-14-7-5-6-10-16(14)20-18(23)13-22-19(24)12-11-17(21-22)15-8-3-2-4-9-15/h2-4,8-9,14,16H,5-7,10-13H2,1H3,(H,20,23)/t14-,16-/m1/s1. The second kappa shape index (κ2) is 7.60. The molecule has 0 unspecified atom stereocenters. The van der Waals surface area contributed by atoms with Crippen LogP contribution in [0, 0.1) is 5.92 Å². The van der Waals surface area contributed by atoms with E-state index in [2.05, 4.69) is 17.3 Å². The van der Waals surface area contributed by atoms with E-state index < -0.39 is 0 Å². The summed E-state index contributed by atoms with van der Waals surface area (Å²) in [6.45, 7) is 2.19. The molecule has 1 aliphatic carbocycles. The third kappa shape index (κ3) is 4.02. The van der Waals surface area contributed by atoms with Crippen molar-refractivity contribution < 1.29 is 9.59 Å². The molecule has 0 saturated heterocycles. The van der Waals surface area contributed by atoms with Crippen LogP contribution in [0.2, 0.25) is 0 Å². The lowest BCUT2D eigenvalue weighted by atomic mass is 9.86. The maximum Gasteiger partial charge on any atom is 0.243 e. The van der Waals surface area contributed by atoms with Crippen molar-refractivity contribution in [2.75, 3.05) is 6.54 Å². The van der Waals surface area contributed by atoms with Gasteiger partial charge in [-0.15, -0.1) is 0 Å². The predicted molar refractivity (Wildman–Crippen MR) is 93.5 cm³/mol. The van der Waals surface area contributed by atoms with Crippen LogP contribution in [0.25, 0.3) is 0 Å². The monoisotopic (exact) mass is 327 g/mol. The number of carbonyl (C=O) groups is 2. The normalized spacial score (nSPS) is 24.5. The molecule has 1 saturated carbocycles. The fourth-order valence-corrected chi connectivity index (χ4v) is 3.48. The van der Waals surface area contributed by atoms with Crippen LogP contribution in [0.15, 0.2) is 35.4 Å². The van der Waals surface area contributed by atoms with Crippen LogP contribution in [0.1, 0.15) is 51.0 Å². The molecule has 2 atom stereocenters. The molecule has 1 aromatic rings. The Labute approximate surface area is 143 Å². The summed E-state index contributed by atoms with van der Waals surface area (Å²) in [7, 11) is 0. The average Bonchev–Trinajstić information content (AvgIpc) is 2.60. The summed E-state index contributed by atoms with van der Waals surface area (Å²) < 4.78 is 0. The summed E-state index contributed by atoms with van der Waals surface area (Å²) in [5.41, 5.74) is 1.88. The van der Waals surface area contributed by atoms with Crippen molar-refractivity contribution in [2.24, 2.45) is 11.0 Å². The molecule has 3 rings (SSSR count). The minimum atomic E-state index is -0.111. The lowest BCUT2D eigenvalue weighted by Gasteiger charge is -2.30. The first-order valence-corrected chi connectivity index (χ1v) is 8.86. The smallest absolute Gasteiger partial charge is 0.243 e. The largest absolute Gasteiger partial charge is 0.351 e. The van der Waals surface area contributed by atoms with Gasteiger partial charge in [-0.25, -0.2) is 5.01 Å². The van der Waals surface area contributed by atoms with Crippen molar-refractivity contribution in [2.45, 2.75) is 51.5 Å². The molecule has 0 radical (unpaired) electrons. The van der Waals surface area contributed by atoms with Crippen LogP contribution >= 0.6 is 0 Å². The molecule has 5 heteroatoms. The van der Waals surface area contributed by atoms with Gasteiger partial charge in [0.1, 0.15) is 6.54 Å². The third-order valence-corrected chi connectivity index (χ3v) is 4.96. The van der Waals surface area contributed by atoms with Gasteiger partial charge in [0, 0.05) is 18.9 Å². The lowest BCUT2D eigenvalue weighted by molar-refractivity contribution is -0.136. The van der Waals surface area contributed by atoms with Gasteiger partial charge in [0.2, 0.25) is 11.8 Å². The van der Waals surface area contributed by atoms with Gasteiger partial charge < -0.3 is 5.32 Å². The second-order valence-electron chi connectivity index (χ2n) is 6.80. The molecular formula is C19H25N3O2. The quantitative estimate of drug-likeness (QED) is 0.924. The molecule has 2 aliphatic rings. The number of hydrogen-bond donors (Lipinski definition) is 1. The van der Waals surface area contributed by atoms with Crippen molar-refractivity contribution in [3.05, 3.63) is 35.9 Å². The fraction of sp³-hybridized carbons (Fsp3) is 0.526. The molecule has 1 fully saturated rings. The maximum atomic E-state index is 12.3. The van der Waals surface area contributed by atoms with Gasteiger partial charge in [-0.3, -0.25) is 9.59 Å². The molecule has 1 N–H and O–H groups in total. The summed E-state index contributed by atoms with van der Waals surface area (Å²) >= 11 is 0. The van der Waals surface area contributed by atoms with Crippen LogP contribution < -0.4 is 5.32 Å². The van der Waals surface area contributed by atoms with Crippen LogP contribution in [-0.2, 0) is 9.59 Å². The Bertz CT molecular complexity index is 627. The van der Waals surface area contributed by atoms with Crippen LogP contribution in [-0.4, -0.2) is 35.1 Å². The number of amides is 2. The second-order valence-corrected chi connectivity index (χ2v) is 6.80. The van der Waals surface area contributed by atoms with Gasteiger partial charge in [0.05, 0.1) is 5.71 Å². The van der Waals surface area contributed by atoms with E-state index in [4.69, 9.17) is 0 Å². The molecule has 0 spiro atoms. The summed E-state index contributed by atoms with van der Waals surface area (Å²) in [6, 6.07) is 10.1. The number of hydrogen-bond acceptors (Lipinski definition) is 3. The molecule has 1 aromatic carbocycles. The van der Waals surface area contributed by atoms with Crippen molar-refractivity contribution in [3.63, 3.8) is 0 Å². The summed E-state index contributed by atoms with van der Waals surface area (Å²) in [5, 5.41) is 8.84. The Morgan fingerprint density at radius 3 is 2.71 bits per heavy atom. The Balaban J connectivity index is 1.64. The highest BCUT2D eigenvalue weighted by Gasteiger charge is 2.26.